The maximum atomic E-state index is 8.70. The van der Waals surface area contributed by atoms with E-state index in [9.17, 15) is 0 Å². The average Bonchev–Trinajstić information content (AvgIpc) is 2.74. The molecule has 5 heteroatoms. The van der Waals surface area contributed by atoms with Crippen molar-refractivity contribution < 1.29 is 0 Å². The minimum atomic E-state index is 0.362. The predicted molar refractivity (Wildman–Crippen MR) is 58.2 cm³/mol. The van der Waals surface area contributed by atoms with Crippen LogP contribution in [0.4, 0.5) is 0 Å². The van der Waals surface area contributed by atoms with Crippen LogP contribution in [0.1, 0.15) is 12.6 Å². The lowest BCUT2D eigenvalue weighted by Gasteiger charge is -1.98. The van der Waals surface area contributed by atoms with Gasteiger partial charge in [0, 0.05) is 18.9 Å². The van der Waals surface area contributed by atoms with Crippen LogP contribution in [0.15, 0.2) is 24.7 Å². The molecule has 0 radical (unpaired) electrons. The number of nitrogens with zero attached hydrogens (tertiary/aromatic N) is 5. The zero-order chi connectivity index (χ0) is 11.4. The van der Waals surface area contributed by atoms with Crippen LogP contribution in [-0.4, -0.2) is 19.7 Å². The van der Waals surface area contributed by atoms with Gasteiger partial charge in [0.25, 0.3) is 0 Å². The summed E-state index contributed by atoms with van der Waals surface area (Å²) in [6.45, 7) is 2.74. The normalized spacial score (nSPS) is 10.0. The van der Waals surface area contributed by atoms with Crippen molar-refractivity contribution in [1.82, 2.24) is 19.7 Å². The van der Waals surface area contributed by atoms with Crippen molar-refractivity contribution in [2.45, 2.75) is 19.9 Å². The highest BCUT2D eigenvalue weighted by Crippen LogP contribution is 2.15. The Morgan fingerprint density at radius 1 is 1.38 bits per heavy atom. The molecule has 0 spiro atoms. The lowest BCUT2D eigenvalue weighted by molar-refractivity contribution is 0.634. The summed E-state index contributed by atoms with van der Waals surface area (Å²) < 4.78 is 1.81. The first-order chi connectivity index (χ1) is 7.85. The van der Waals surface area contributed by atoms with Crippen molar-refractivity contribution in [2.75, 3.05) is 0 Å². The van der Waals surface area contributed by atoms with Gasteiger partial charge in [0.05, 0.1) is 24.4 Å². The molecule has 0 aliphatic rings. The lowest BCUT2D eigenvalue weighted by atomic mass is 10.2. The van der Waals surface area contributed by atoms with E-state index in [2.05, 4.69) is 21.1 Å². The van der Waals surface area contributed by atoms with Gasteiger partial charge in [-0.25, -0.2) is 0 Å². The number of rotatable bonds is 3. The summed E-state index contributed by atoms with van der Waals surface area (Å²) >= 11 is 0. The number of aryl methyl sites for hydroxylation is 1. The highest BCUT2D eigenvalue weighted by Gasteiger charge is 2.08. The van der Waals surface area contributed by atoms with Crippen molar-refractivity contribution in [3.05, 3.63) is 30.4 Å². The van der Waals surface area contributed by atoms with Crippen LogP contribution in [0.2, 0.25) is 0 Å². The first kappa shape index (κ1) is 10.3. The van der Waals surface area contributed by atoms with Crippen LogP contribution < -0.4 is 0 Å². The zero-order valence-corrected chi connectivity index (χ0v) is 8.96. The summed E-state index contributed by atoms with van der Waals surface area (Å²) in [6, 6.07) is 4.01. The SMILES string of the molecule is CCn1nc(-c2cnccn2)cc1CC#N. The Bertz CT molecular complexity index is 509. The topological polar surface area (TPSA) is 67.4 Å². The molecule has 80 valence electrons. The average molecular weight is 213 g/mol. The van der Waals surface area contributed by atoms with Crippen LogP contribution >= 0.6 is 0 Å². The highest BCUT2D eigenvalue weighted by atomic mass is 15.3. The monoisotopic (exact) mass is 213 g/mol. The van der Waals surface area contributed by atoms with Gasteiger partial charge in [0.15, 0.2) is 0 Å². The Balaban J connectivity index is 2.41. The van der Waals surface area contributed by atoms with E-state index in [4.69, 9.17) is 5.26 Å². The van der Waals surface area contributed by atoms with Crippen LogP contribution in [0, 0.1) is 11.3 Å². The van der Waals surface area contributed by atoms with E-state index in [1.165, 1.54) is 0 Å². The van der Waals surface area contributed by atoms with Gasteiger partial charge in [-0.2, -0.15) is 10.4 Å². The Kier molecular flexibility index (Phi) is 2.92. The highest BCUT2D eigenvalue weighted by molar-refractivity contribution is 5.52. The molecule has 0 aliphatic heterocycles. The summed E-state index contributed by atoms with van der Waals surface area (Å²) in [5.74, 6) is 0. The van der Waals surface area contributed by atoms with Gasteiger partial charge in [-0.1, -0.05) is 0 Å². The van der Waals surface area contributed by atoms with E-state index in [1.807, 2.05) is 17.7 Å². The smallest absolute Gasteiger partial charge is 0.113 e. The molecule has 0 bridgehead atoms. The van der Waals surface area contributed by atoms with Gasteiger partial charge in [-0.3, -0.25) is 14.6 Å². The third kappa shape index (κ3) is 1.91. The molecular formula is C11H11N5. The van der Waals surface area contributed by atoms with E-state index in [0.29, 0.717) is 6.42 Å². The maximum Gasteiger partial charge on any atom is 0.113 e. The molecule has 2 aromatic rings. The minimum absolute atomic E-state index is 0.362. The summed E-state index contributed by atoms with van der Waals surface area (Å²) in [4.78, 5) is 8.17. The molecule has 0 fully saturated rings. The molecule has 16 heavy (non-hydrogen) atoms. The van der Waals surface area contributed by atoms with Crippen molar-refractivity contribution in [3.63, 3.8) is 0 Å². The Morgan fingerprint density at radius 3 is 2.88 bits per heavy atom. The number of aromatic nitrogens is 4. The number of hydrogen-bond acceptors (Lipinski definition) is 4. The fourth-order valence-electron chi connectivity index (χ4n) is 1.51. The van der Waals surface area contributed by atoms with E-state index >= 15 is 0 Å². The van der Waals surface area contributed by atoms with E-state index < -0.39 is 0 Å². The largest absolute Gasteiger partial charge is 0.268 e. The molecule has 0 saturated heterocycles. The second-order valence-electron chi connectivity index (χ2n) is 3.26. The lowest BCUT2D eigenvalue weighted by Crippen LogP contribution is -2.01. The van der Waals surface area contributed by atoms with Crippen LogP contribution in [0.25, 0.3) is 11.4 Å². The zero-order valence-electron chi connectivity index (χ0n) is 8.96. The summed E-state index contributed by atoms with van der Waals surface area (Å²) in [5.41, 5.74) is 2.40. The van der Waals surface area contributed by atoms with Gasteiger partial charge in [0.1, 0.15) is 11.4 Å². The third-order valence-electron chi connectivity index (χ3n) is 2.25. The molecular weight excluding hydrogens is 202 g/mol. The first-order valence-corrected chi connectivity index (χ1v) is 5.05. The van der Waals surface area contributed by atoms with Crippen LogP contribution in [0.3, 0.4) is 0 Å². The quantitative estimate of drug-likeness (QED) is 0.773. The Morgan fingerprint density at radius 2 is 2.25 bits per heavy atom. The second kappa shape index (κ2) is 4.53. The number of nitriles is 1. The van der Waals surface area contributed by atoms with Gasteiger partial charge >= 0.3 is 0 Å². The number of hydrogen-bond donors (Lipinski definition) is 0. The summed E-state index contributed by atoms with van der Waals surface area (Å²) in [6.07, 6.45) is 5.28. The first-order valence-electron chi connectivity index (χ1n) is 5.05. The van der Waals surface area contributed by atoms with E-state index in [1.54, 1.807) is 18.6 Å². The Labute approximate surface area is 93.4 Å². The fourth-order valence-corrected chi connectivity index (χ4v) is 1.51. The summed E-state index contributed by atoms with van der Waals surface area (Å²) in [7, 11) is 0. The molecule has 0 aliphatic carbocycles. The molecule has 2 aromatic heterocycles. The van der Waals surface area contributed by atoms with Crippen molar-refractivity contribution in [1.29, 1.82) is 5.26 Å². The second-order valence-corrected chi connectivity index (χ2v) is 3.26. The van der Waals surface area contributed by atoms with Gasteiger partial charge in [-0.15, -0.1) is 0 Å². The molecule has 0 unspecified atom stereocenters. The van der Waals surface area contributed by atoms with E-state index in [0.717, 1.165) is 23.6 Å². The fraction of sp³-hybridized carbons (Fsp3) is 0.273. The minimum Gasteiger partial charge on any atom is -0.268 e. The van der Waals surface area contributed by atoms with Gasteiger partial charge in [-0.05, 0) is 13.0 Å². The van der Waals surface area contributed by atoms with E-state index in [-0.39, 0.29) is 0 Å². The molecule has 0 aromatic carbocycles. The maximum absolute atomic E-state index is 8.70. The third-order valence-corrected chi connectivity index (χ3v) is 2.25. The molecule has 2 heterocycles. The van der Waals surface area contributed by atoms with Crippen molar-refractivity contribution in [3.8, 4) is 17.5 Å². The van der Waals surface area contributed by atoms with Crippen LogP contribution in [-0.2, 0) is 13.0 Å². The summed E-state index contributed by atoms with van der Waals surface area (Å²) in [5, 5.41) is 13.1. The molecule has 2 rings (SSSR count). The van der Waals surface area contributed by atoms with Gasteiger partial charge < -0.3 is 0 Å². The van der Waals surface area contributed by atoms with Crippen molar-refractivity contribution in [2.24, 2.45) is 0 Å². The predicted octanol–water partition coefficient (Wildman–Crippen LogP) is 1.43. The van der Waals surface area contributed by atoms with Gasteiger partial charge in [0.2, 0.25) is 0 Å². The standard InChI is InChI=1S/C11H11N5/c1-2-16-9(3-4-12)7-10(15-16)11-8-13-5-6-14-11/h5-8H,2-3H2,1H3. The van der Waals surface area contributed by atoms with Crippen molar-refractivity contribution >= 4 is 0 Å². The molecule has 0 amide bonds. The van der Waals surface area contributed by atoms with Crippen LogP contribution in [0.5, 0.6) is 0 Å². The molecule has 0 N–H and O–H groups in total. The molecule has 0 saturated carbocycles. The molecule has 0 atom stereocenters. The molecule has 5 nitrogen and oxygen atoms in total. The Hall–Kier alpha value is -2.22.